The predicted octanol–water partition coefficient (Wildman–Crippen LogP) is 1.45. The number of hydrogen-bond donors (Lipinski definition) is 1. The zero-order chi connectivity index (χ0) is 12.6. The Bertz CT molecular complexity index is 616. The predicted molar refractivity (Wildman–Crippen MR) is 57.9 cm³/mol. The van der Waals surface area contributed by atoms with E-state index in [1.54, 1.807) is 0 Å². The first-order valence-electron chi connectivity index (χ1n) is 4.59. The highest BCUT2D eigenvalue weighted by Crippen LogP contribution is 2.35. The van der Waals surface area contributed by atoms with E-state index in [2.05, 4.69) is 0 Å². The van der Waals surface area contributed by atoms with Crippen LogP contribution in [0.2, 0.25) is 0 Å². The van der Waals surface area contributed by atoms with Gasteiger partial charge in [0.25, 0.3) is 11.6 Å². The van der Waals surface area contributed by atoms with Gasteiger partial charge in [0.15, 0.2) is 17.1 Å². The standard InChI is InChI=1S/C10H8N2O5/c1-16-7-3-2-6(12(14)15)5-4-8(10(11)13)17-9(5)7/h2-4H,1H3,(H2,11,13). The summed E-state index contributed by atoms with van der Waals surface area (Å²) in [5.41, 5.74) is 5.02. The van der Waals surface area contributed by atoms with Crippen LogP contribution in [0.15, 0.2) is 22.6 Å². The van der Waals surface area contributed by atoms with E-state index in [9.17, 15) is 14.9 Å². The lowest BCUT2D eigenvalue weighted by Gasteiger charge is -1.99. The monoisotopic (exact) mass is 236 g/mol. The van der Waals surface area contributed by atoms with Crippen molar-refractivity contribution in [2.45, 2.75) is 0 Å². The highest BCUT2D eigenvalue weighted by molar-refractivity contribution is 5.99. The van der Waals surface area contributed by atoms with E-state index in [0.29, 0.717) is 5.75 Å². The van der Waals surface area contributed by atoms with E-state index in [-0.39, 0.29) is 22.4 Å². The topological polar surface area (TPSA) is 109 Å². The second-order valence-corrected chi connectivity index (χ2v) is 3.26. The number of fused-ring (bicyclic) bond motifs is 1. The summed E-state index contributed by atoms with van der Waals surface area (Å²) in [5, 5.41) is 11.0. The number of carbonyl (C=O) groups is 1. The van der Waals surface area contributed by atoms with Gasteiger partial charge in [-0.1, -0.05) is 0 Å². The molecule has 0 saturated heterocycles. The molecule has 7 heteroatoms. The SMILES string of the molecule is COc1ccc([N+](=O)[O-])c2cc(C(N)=O)oc12. The number of benzene rings is 1. The van der Waals surface area contributed by atoms with Gasteiger partial charge in [-0.25, -0.2) is 0 Å². The number of primary amides is 1. The van der Waals surface area contributed by atoms with E-state index in [0.717, 1.165) is 0 Å². The van der Waals surface area contributed by atoms with E-state index in [1.165, 1.54) is 25.3 Å². The van der Waals surface area contributed by atoms with Crippen LogP contribution in [-0.2, 0) is 0 Å². The Morgan fingerprint density at radius 2 is 2.24 bits per heavy atom. The zero-order valence-corrected chi connectivity index (χ0v) is 8.80. The summed E-state index contributed by atoms with van der Waals surface area (Å²) < 4.78 is 10.1. The third kappa shape index (κ3) is 1.67. The van der Waals surface area contributed by atoms with Crippen molar-refractivity contribution in [1.29, 1.82) is 0 Å². The van der Waals surface area contributed by atoms with Crippen molar-refractivity contribution in [3.8, 4) is 5.75 Å². The molecule has 0 saturated carbocycles. The van der Waals surface area contributed by atoms with Gasteiger partial charge in [-0.2, -0.15) is 0 Å². The van der Waals surface area contributed by atoms with Crippen molar-refractivity contribution < 1.29 is 18.9 Å². The molecule has 0 aliphatic rings. The number of methoxy groups -OCH3 is 1. The molecule has 7 nitrogen and oxygen atoms in total. The zero-order valence-electron chi connectivity index (χ0n) is 8.80. The summed E-state index contributed by atoms with van der Waals surface area (Å²) in [6.45, 7) is 0. The van der Waals surface area contributed by atoms with Crippen LogP contribution >= 0.6 is 0 Å². The molecule has 1 heterocycles. The molecule has 2 rings (SSSR count). The van der Waals surface area contributed by atoms with Gasteiger partial charge < -0.3 is 14.9 Å². The first kappa shape index (κ1) is 10.9. The fourth-order valence-corrected chi connectivity index (χ4v) is 1.53. The third-order valence-electron chi connectivity index (χ3n) is 2.28. The average Bonchev–Trinajstić information content (AvgIpc) is 2.71. The van der Waals surface area contributed by atoms with Crippen LogP contribution in [0.25, 0.3) is 11.0 Å². The van der Waals surface area contributed by atoms with E-state index < -0.39 is 10.8 Å². The molecule has 2 N–H and O–H groups in total. The van der Waals surface area contributed by atoms with Gasteiger partial charge in [-0.15, -0.1) is 0 Å². The Morgan fingerprint density at radius 3 is 2.76 bits per heavy atom. The summed E-state index contributed by atoms with van der Waals surface area (Å²) in [7, 11) is 1.40. The lowest BCUT2D eigenvalue weighted by Crippen LogP contribution is -2.09. The summed E-state index contributed by atoms with van der Waals surface area (Å²) in [6, 6.07) is 3.91. The van der Waals surface area contributed by atoms with Gasteiger partial charge in [-0.05, 0) is 6.07 Å². The number of amides is 1. The molecule has 0 atom stereocenters. The van der Waals surface area contributed by atoms with E-state index >= 15 is 0 Å². The molecule has 0 aliphatic carbocycles. The number of furan rings is 1. The number of carbonyl (C=O) groups excluding carboxylic acids is 1. The number of ether oxygens (including phenoxy) is 1. The molecular weight excluding hydrogens is 228 g/mol. The maximum Gasteiger partial charge on any atom is 0.284 e. The first-order valence-corrected chi connectivity index (χ1v) is 4.59. The second-order valence-electron chi connectivity index (χ2n) is 3.26. The Labute approximate surface area is 94.9 Å². The molecule has 0 unspecified atom stereocenters. The largest absolute Gasteiger partial charge is 0.493 e. The highest BCUT2D eigenvalue weighted by Gasteiger charge is 2.21. The third-order valence-corrected chi connectivity index (χ3v) is 2.28. The molecular formula is C10H8N2O5. The van der Waals surface area contributed by atoms with Crippen LogP contribution in [0, 0.1) is 10.1 Å². The number of nitrogens with zero attached hydrogens (tertiary/aromatic N) is 1. The van der Waals surface area contributed by atoms with Crippen LogP contribution in [-0.4, -0.2) is 17.9 Å². The first-order chi connectivity index (χ1) is 8.04. The number of rotatable bonds is 3. The lowest BCUT2D eigenvalue weighted by atomic mass is 10.2. The van der Waals surface area contributed by atoms with Gasteiger partial charge in [0.05, 0.1) is 12.0 Å². The molecule has 88 valence electrons. The molecule has 1 aromatic carbocycles. The molecule has 1 amide bonds. The molecule has 0 spiro atoms. The van der Waals surface area contributed by atoms with Gasteiger partial charge >= 0.3 is 0 Å². The van der Waals surface area contributed by atoms with Crippen LogP contribution in [0.5, 0.6) is 5.75 Å². The fraction of sp³-hybridized carbons (Fsp3) is 0.100. The van der Waals surface area contributed by atoms with Crippen LogP contribution in [0.3, 0.4) is 0 Å². The van der Waals surface area contributed by atoms with Gasteiger partial charge in [0, 0.05) is 12.1 Å². The molecule has 0 radical (unpaired) electrons. The minimum atomic E-state index is -0.794. The molecule has 1 aromatic heterocycles. The van der Waals surface area contributed by atoms with E-state index in [4.69, 9.17) is 14.9 Å². The maximum absolute atomic E-state index is 11.0. The quantitative estimate of drug-likeness (QED) is 0.640. The fourth-order valence-electron chi connectivity index (χ4n) is 1.53. The Balaban J connectivity index is 2.81. The van der Waals surface area contributed by atoms with Crippen LogP contribution < -0.4 is 10.5 Å². The highest BCUT2D eigenvalue weighted by atomic mass is 16.6. The normalized spacial score (nSPS) is 10.4. The van der Waals surface area contributed by atoms with Crippen molar-refractivity contribution >= 4 is 22.6 Å². The van der Waals surface area contributed by atoms with Crippen molar-refractivity contribution in [1.82, 2.24) is 0 Å². The molecule has 0 aliphatic heterocycles. The second kappa shape index (κ2) is 3.78. The minimum Gasteiger partial charge on any atom is -0.493 e. The number of nitro groups is 1. The summed E-state index contributed by atoms with van der Waals surface area (Å²) >= 11 is 0. The van der Waals surface area contributed by atoms with E-state index in [1.807, 2.05) is 0 Å². The number of hydrogen-bond acceptors (Lipinski definition) is 5. The van der Waals surface area contributed by atoms with Crippen LogP contribution in [0.4, 0.5) is 5.69 Å². The van der Waals surface area contributed by atoms with Crippen molar-refractivity contribution in [3.63, 3.8) is 0 Å². The number of nitrogens with two attached hydrogens (primary N) is 1. The summed E-state index contributed by atoms with van der Waals surface area (Å²) in [6.07, 6.45) is 0. The molecule has 0 fully saturated rings. The van der Waals surface area contributed by atoms with Crippen LogP contribution in [0.1, 0.15) is 10.6 Å². The maximum atomic E-state index is 11.0. The minimum absolute atomic E-state index is 0.135. The smallest absolute Gasteiger partial charge is 0.284 e. The number of nitro benzene ring substituents is 1. The van der Waals surface area contributed by atoms with Gasteiger partial charge in [0.2, 0.25) is 0 Å². The Hall–Kier alpha value is -2.57. The molecule has 17 heavy (non-hydrogen) atoms. The average molecular weight is 236 g/mol. The number of non-ortho nitro benzene ring substituents is 1. The van der Waals surface area contributed by atoms with Crippen molar-refractivity contribution in [2.24, 2.45) is 5.73 Å². The lowest BCUT2D eigenvalue weighted by molar-refractivity contribution is -0.383. The Kier molecular flexibility index (Phi) is 2.43. The summed E-state index contributed by atoms with van der Waals surface area (Å²) in [4.78, 5) is 21.2. The van der Waals surface area contributed by atoms with Gasteiger partial charge in [0.1, 0.15) is 5.39 Å². The van der Waals surface area contributed by atoms with Crippen molar-refractivity contribution in [2.75, 3.05) is 7.11 Å². The molecule has 2 aromatic rings. The Morgan fingerprint density at radius 1 is 1.53 bits per heavy atom. The van der Waals surface area contributed by atoms with Gasteiger partial charge in [-0.3, -0.25) is 14.9 Å². The van der Waals surface area contributed by atoms with Crippen molar-refractivity contribution in [3.05, 3.63) is 34.1 Å². The molecule has 0 bridgehead atoms. The summed E-state index contributed by atoms with van der Waals surface area (Å²) in [5.74, 6) is -0.636.